The molecular formula is C20H17Cl2N3O2. The summed E-state index contributed by atoms with van der Waals surface area (Å²) in [6.45, 7) is 2.12. The van der Waals surface area contributed by atoms with E-state index < -0.39 is 0 Å². The van der Waals surface area contributed by atoms with Crippen molar-refractivity contribution in [2.45, 2.75) is 6.92 Å². The minimum Gasteiger partial charge on any atom is -0.455 e. The number of benzene rings is 2. The number of carbonyl (C=O) groups excluding carboxylic acids is 1. The van der Waals surface area contributed by atoms with E-state index in [9.17, 15) is 4.79 Å². The van der Waals surface area contributed by atoms with Gasteiger partial charge in [-0.15, -0.1) is 0 Å². The summed E-state index contributed by atoms with van der Waals surface area (Å²) in [6, 6.07) is 16.4. The molecular weight excluding hydrogens is 385 g/mol. The fourth-order valence-electron chi connectivity index (χ4n) is 2.31. The van der Waals surface area contributed by atoms with Crippen molar-refractivity contribution in [1.82, 2.24) is 5.43 Å². The molecule has 2 N–H and O–H groups in total. The van der Waals surface area contributed by atoms with E-state index >= 15 is 0 Å². The van der Waals surface area contributed by atoms with E-state index in [1.807, 2.05) is 31.2 Å². The van der Waals surface area contributed by atoms with Crippen molar-refractivity contribution < 1.29 is 9.21 Å². The second-order valence-corrected chi connectivity index (χ2v) is 6.68. The van der Waals surface area contributed by atoms with Crippen LogP contribution in [0.5, 0.6) is 0 Å². The Morgan fingerprint density at radius 3 is 2.67 bits per heavy atom. The van der Waals surface area contributed by atoms with Gasteiger partial charge in [0.1, 0.15) is 11.5 Å². The number of nitrogens with one attached hydrogen (secondary N) is 2. The number of hydrogen-bond donors (Lipinski definition) is 2. The van der Waals surface area contributed by atoms with E-state index in [2.05, 4.69) is 15.8 Å². The molecule has 0 aliphatic rings. The maximum atomic E-state index is 11.8. The topological polar surface area (TPSA) is 66.6 Å². The van der Waals surface area contributed by atoms with E-state index in [4.69, 9.17) is 27.6 Å². The predicted molar refractivity (Wildman–Crippen MR) is 110 cm³/mol. The largest absolute Gasteiger partial charge is 0.455 e. The minimum absolute atomic E-state index is 0.113. The van der Waals surface area contributed by atoms with Crippen molar-refractivity contribution in [2.75, 3.05) is 11.9 Å². The summed E-state index contributed by atoms with van der Waals surface area (Å²) >= 11 is 12.2. The molecule has 0 saturated heterocycles. The van der Waals surface area contributed by atoms with Crippen LogP contribution in [0.1, 0.15) is 11.3 Å². The van der Waals surface area contributed by atoms with Gasteiger partial charge in [0, 0.05) is 16.3 Å². The second-order valence-electron chi connectivity index (χ2n) is 5.84. The number of amides is 1. The van der Waals surface area contributed by atoms with Gasteiger partial charge in [0.15, 0.2) is 0 Å². The van der Waals surface area contributed by atoms with Gasteiger partial charge in [-0.1, -0.05) is 40.9 Å². The van der Waals surface area contributed by atoms with Crippen molar-refractivity contribution in [2.24, 2.45) is 5.10 Å². The van der Waals surface area contributed by atoms with Crippen LogP contribution in [0, 0.1) is 6.92 Å². The molecule has 0 saturated carbocycles. The van der Waals surface area contributed by atoms with Crippen LogP contribution in [-0.2, 0) is 4.79 Å². The molecule has 1 amide bonds. The number of anilines is 1. The van der Waals surface area contributed by atoms with Crippen molar-refractivity contribution in [1.29, 1.82) is 0 Å². The smallest absolute Gasteiger partial charge is 0.259 e. The first-order valence-corrected chi connectivity index (χ1v) is 8.94. The third-order valence-corrected chi connectivity index (χ3v) is 4.27. The Morgan fingerprint density at radius 2 is 1.89 bits per heavy atom. The zero-order chi connectivity index (χ0) is 19.2. The Balaban J connectivity index is 1.54. The molecule has 1 heterocycles. The predicted octanol–water partition coefficient (Wildman–Crippen LogP) is 5.12. The number of hydrogen-bond acceptors (Lipinski definition) is 4. The Hall–Kier alpha value is -2.76. The molecule has 7 heteroatoms. The van der Waals surface area contributed by atoms with Gasteiger partial charge in [-0.2, -0.15) is 5.10 Å². The zero-order valence-corrected chi connectivity index (χ0v) is 16.0. The van der Waals surface area contributed by atoms with Gasteiger partial charge in [0.05, 0.1) is 17.8 Å². The first kappa shape index (κ1) is 19.0. The van der Waals surface area contributed by atoms with E-state index in [0.717, 1.165) is 11.3 Å². The highest BCUT2D eigenvalue weighted by molar-refractivity contribution is 6.35. The summed E-state index contributed by atoms with van der Waals surface area (Å²) in [4.78, 5) is 11.8. The number of rotatable bonds is 6. The van der Waals surface area contributed by atoms with Crippen LogP contribution in [0.25, 0.3) is 11.3 Å². The van der Waals surface area contributed by atoms with Gasteiger partial charge in [0.2, 0.25) is 0 Å². The zero-order valence-electron chi connectivity index (χ0n) is 14.5. The highest BCUT2D eigenvalue weighted by atomic mass is 35.5. The summed E-state index contributed by atoms with van der Waals surface area (Å²) in [6.07, 6.45) is 1.42. The van der Waals surface area contributed by atoms with E-state index in [1.54, 1.807) is 30.3 Å². The molecule has 1 aromatic heterocycles. The fraction of sp³-hybridized carbons (Fsp3) is 0.100. The highest BCUT2D eigenvalue weighted by Crippen LogP contribution is 2.31. The lowest BCUT2D eigenvalue weighted by Gasteiger charge is -2.05. The first-order chi connectivity index (χ1) is 13.0. The van der Waals surface area contributed by atoms with Crippen LogP contribution in [0.3, 0.4) is 0 Å². The third-order valence-electron chi connectivity index (χ3n) is 3.71. The summed E-state index contributed by atoms with van der Waals surface area (Å²) in [5.41, 5.74) is 5.16. The van der Waals surface area contributed by atoms with Gasteiger partial charge < -0.3 is 9.73 Å². The van der Waals surface area contributed by atoms with Crippen LogP contribution in [-0.4, -0.2) is 18.7 Å². The Kier molecular flexibility index (Phi) is 6.16. The quantitative estimate of drug-likeness (QED) is 0.444. The molecule has 138 valence electrons. The Labute approximate surface area is 167 Å². The summed E-state index contributed by atoms with van der Waals surface area (Å²) in [5.74, 6) is 0.778. The van der Waals surface area contributed by atoms with Crippen LogP contribution in [0.4, 0.5) is 5.69 Å². The molecule has 27 heavy (non-hydrogen) atoms. The molecule has 0 fully saturated rings. The van der Waals surface area contributed by atoms with E-state index in [0.29, 0.717) is 27.1 Å². The van der Waals surface area contributed by atoms with Gasteiger partial charge >= 0.3 is 0 Å². The lowest BCUT2D eigenvalue weighted by Crippen LogP contribution is -2.25. The summed E-state index contributed by atoms with van der Waals surface area (Å²) in [5, 5.41) is 8.02. The monoisotopic (exact) mass is 401 g/mol. The number of aryl methyl sites for hydroxylation is 1. The summed E-state index contributed by atoms with van der Waals surface area (Å²) in [7, 11) is 0. The number of carbonyl (C=O) groups is 1. The highest BCUT2D eigenvalue weighted by Gasteiger charge is 2.09. The molecule has 0 aliphatic carbocycles. The van der Waals surface area contributed by atoms with Crippen molar-refractivity contribution in [3.63, 3.8) is 0 Å². The minimum atomic E-state index is -0.267. The molecule has 2 aromatic carbocycles. The molecule has 0 spiro atoms. The lowest BCUT2D eigenvalue weighted by atomic mass is 10.2. The van der Waals surface area contributed by atoms with E-state index in [-0.39, 0.29) is 12.5 Å². The molecule has 0 bridgehead atoms. The molecule has 0 radical (unpaired) electrons. The average Bonchev–Trinajstić information content (AvgIpc) is 3.12. The number of halogens is 2. The van der Waals surface area contributed by atoms with Gasteiger partial charge in [0.25, 0.3) is 5.91 Å². The molecule has 3 rings (SSSR count). The number of furan rings is 1. The van der Waals surface area contributed by atoms with Gasteiger partial charge in [-0.25, -0.2) is 5.43 Å². The Bertz CT molecular complexity index is 966. The van der Waals surface area contributed by atoms with Gasteiger partial charge in [-0.3, -0.25) is 4.79 Å². The summed E-state index contributed by atoms with van der Waals surface area (Å²) < 4.78 is 5.67. The number of hydrazone groups is 1. The second kappa shape index (κ2) is 8.75. The van der Waals surface area contributed by atoms with Crippen LogP contribution >= 0.6 is 23.2 Å². The van der Waals surface area contributed by atoms with Gasteiger partial charge in [-0.05, 0) is 49.4 Å². The van der Waals surface area contributed by atoms with Crippen molar-refractivity contribution in [3.8, 4) is 11.3 Å². The first-order valence-electron chi connectivity index (χ1n) is 8.19. The molecule has 0 atom stereocenters. The van der Waals surface area contributed by atoms with Crippen LogP contribution < -0.4 is 10.7 Å². The molecule has 3 aromatic rings. The SMILES string of the molecule is Cc1ccc(NCC(=O)NN=Cc2ccc(-c3cc(Cl)ccc3Cl)o2)cc1. The normalized spacial score (nSPS) is 10.9. The fourth-order valence-corrected chi connectivity index (χ4v) is 2.70. The molecule has 0 aliphatic heterocycles. The van der Waals surface area contributed by atoms with Crippen LogP contribution in [0.15, 0.2) is 64.1 Å². The van der Waals surface area contributed by atoms with Crippen LogP contribution in [0.2, 0.25) is 10.0 Å². The Morgan fingerprint density at radius 1 is 1.11 bits per heavy atom. The lowest BCUT2D eigenvalue weighted by molar-refractivity contribution is -0.119. The molecule has 5 nitrogen and oxygen atoms in total. The van der Waals surface area contributed by atoms with Crippen molar-refractivity contribution >= 4 is 41.0 Å². The molecule has 0 unspecified atom stereocenters. The third kappa shape index (κ3) is 5.36. The standard InChI is InChI=1S/C20H17Cl2N3O2/c1-13-2-5-15(6-3-13)23-12-20(26)25-24-11-16-7-9-19(27-16)17-10-14(21)4-8-18(17)22/h2-11,23H,12H2,1H3,(H,25,26). The van der Waals surface area contributed by atoms with E-state index in [1.165, 1.54) is 6.21 Å². The maximum absolute atomic E-state index is 11.8. The maximum Gasteiger partial charge on any atom is 0.259 e. The number of nitrogens with zero attached hydrogens (tertiary/aromatic N) is 1. The average molecular weight is 402 g/mol. The van der Waals surface area contributed by atoms with Crippen molar-refractivity contribution in [3.05, 3.63) is 76.0 Å².